The van der Waals surface area contributed by atoms with Crippen LogP contribution in [-0.2, 0) is 0 Å². The van der Waals surface area contributed by atoms with Crippen molar-refractivity contribution in [2.24, 2.45) is 0 Å². The lowest BCUT2D eigenvalue weighted by atomic mass is 10.2. The number of thiazole rings is 1. The molecule has 0 saturated heterocycles. The first kappa shape index (κ1) is 24.0. The van der Waals surface area contributed by atoms with Crippen molar-refractivity contribution in [3.63, 3.8) is 0 Å². The molecule has 7 rings (SSSR count). The Kier molecular flexibility index (Phi) is 7.07. The van der Waals surface area contributed by atoms with Gasteiger partial charge in [0, 0.05) is 11.6 Å². The fourth-order valence-electron chi connectivity index (χ4n) is 3.77. The molecule has 4 aromatic carbocycles. The predicted octanol–water partition coefficient (Wildman–Crippen LogP) is 7.33. The molecule has 37 heavy (non-hydrogen) atoms. The van der Waals surface area contributed by atoms with E-state index in [-0.39, 0.29) is 5.48 Å². The molecule has 1 aliphatic heterocycles. The van der Waals surface area contributed by atoms with Crippen molar-refractivity contribution in [3.8, 4) is 16.3 Å². The quantitative estimate of drug-likeness (QED) is 0.272. The van der Waals surface area contributed by atoms with Crippen LogP contribution in [0, 0.1) is 0 Å². The van der Waals surface area contributed by atoms with E-state index >= 15 is 0 Å². The molecule has 0 radical (unpaired) electrons. The molecule has 0 aliphatic carbocycles. The van der Waals surface area contributed by atoms with Crippen molar-refractivity contribution >= 4 is 44.4 Å². The Bertz CT molecular complexity index is 1610. The monoisotopic (exact) mass is 505 g/mol. The molecular formula is C30H23N3O3S. The van der Waals surface area contributed by atoms with Crippen LogP contribution in [0.25, 0.3) is 38.0 Å². The third kappa shape index (κ3) is 5.43. The highest BCUT2D eigenvalue weighted by Gasteiger charge is 2.14. The van der Waals surface area contributed by atoms with E-state index in [1.165, 1.54) is 10.3 Å². The number of aromatic nitrogens is 2. The van der Waals surface area contributed by atoms with Gasteiger partial charge in [0.25, 0.3) is 0 Å². The first-order valence-corrected chi connectivity index (χ1v) is 12.3. The SMILES string of the molecule is C(=Cc1nc2ccccc2o1)C=C1Nc2ccccc2O1.O.c1ccc(-c2nc3ccccc3s2)cc1. The van der Waals surface area contributed by atoms with E-state index in [0.717, 1.165) is 33.1 Å². The van der Waals surface area contributed by atoms with Crippen molar-refractivity contribution in [1.82, 2.24) is 9.97 Å². The van der Waals surface area contributed by atoms with Crippen molar-refractivity contribution in [3.05, 3.63) is 127 Å². The number of hydrogen-bond acceptors (Lipinski definition) is 6. The lowest BCUT2D eigenvalue weighted by Gasteiger charge is -1.94. The number of anilines is 1. The van der Waals surface area contributed by atoms with Crippen LogP contribution in [0.1, 0.15) is 5.89 Å². The minimum absolute atomic E-state index is 0. The summed E-state index contributed by atoms with van der Waals surface area (Å²) in [4.78, 5) is 8.97. The van der Waals surface area contributed by atoms with Gasteiger partial charge >= 0.3 is 0 Å². The summed E-state index contributed by atoms with van der Waals surface area (Å²) >= 11 is 1.74. The lowest BCUT2D eigenvalue weighted by Crippen LogP contribution is -1.95. The standard InChI is InChI=1S/C17H12N2O2.C13H9NS.H2O/c1-3-8-14-12(6-1)18-16(20-14)10-5-11-17-19-13-7-2-4-9-15(13)21-17;1-2-6-10(7-3-1)13-14-11-8-4-5-9-12(11)15-13;/h1-11,18H;1-9H;1H2. The van der Waals surface area contributed by atoms with Gasteiger partial charge in [-0.15, -0.1) is 11.3 Å². The molecule has 0 spiro atoms. The molecule has 0 fully saturated rings. The van der Waals surface area contributed by atoms with E-state index in [4.69, 9.17) is 9.15 Å². The van der Waals surface area contributed by atoms with Crippen LogP contribution in [0.5, 0.6) is 5.75 Å². The van der Waals surface area contributed by atoms with Gasteiger partial charge < -0.3 is 19.9 Å². The Balaban J connectivity index is 0.000000155. The number of fused-ring (bicyclic) bond motifs is 3. The largest absolute Gasteiger partial charge is 0.439 e. The highest BCUT2D eigenvalue weighted by atomic mass is 32.1. The maximum Gasteiger partial charge on any atom is 0.219 e. The molecule has 6 nitrogen and oxygen atoms in total. The molecule has 6 aromatic rings. The van der Waals surface area contributed by atoms with Gasteiger partial charge in [0.05, 0.1) is 15.9 Å². The van der Waals surface area contributed by atoms with Gasteiger partial charge in [-0.1, -0.05) is 72.8 Å². The molecule has 7 heteroatoms. The predicted molar refractivity (Wildman–Crippen MR) is 150 cm³/mol. The smallest absolute Gasteiger partial charge is 0.219 e. The molecule has 0 amide bonds. The van der Waals surface area contributed by atoms with Crippen LogP contribution in [0.2, 0.25) is 0 Å². The Hall–Kier alpha value is -4.72. The highest BCUT2D eigenvalue weighted by molar-refractivity contribution is 7.21. The first-order valence-electron chi connectivity index (χ1n) is 11.5. The van der Waals surface area contributed by atoms with Crippen LogP contribution >= 0.6 is 11.3 Å². The van der Waals surface area contributed by atoms with Gasteiger partial charge in [-0.05, 0) is 42.5 Å². The average molecular weight is 506 g/mol. The summed E-state index contributed by atoms with van der Waals surface area (Å²) in [6.07, 6.45) is 5.49. The van der Waals surface area contributed by atoms with Crippen molar-refractivity contribution < 1.29 is 14.6 Å². The average Bonchev–Trinajstić information content (AvgIpc) is 3.65. The molecular weight excluding hydrogens is 482 g/mol. The fraction of sp³-hybridized carbons (Fsp3) is 0. The van der Waals surface area contributed by atoms with Gasteiger partial charge in [0.1, 0.15) is 10.5 Å². The maximum atomic E-state index is 5.65. The van der Waals surface area contributed by atoms with E-state index in [1.54, 1.807) is 17.4 Å². The molecule has 0 unspecified atom stereocenters. The molecule has 0 saturated carbocycles. The van der Waals surface area contributed by atoms with Gasteiger partial charge in [-0.2, -0.15) is 0 Å². The number of para-hydroxylation sites is 5. The van der Waals surface area contributed by atoms with Gasteiger partial charge in [0.15, 0.2) is 17.2 Å². The van der Waals surface area contributed by atoms with E-state index in [1.807, 2.05) is 84.9 Å². The van der Waals surface area contributed by atoms with E-state index < -0.39 is 0 Å². The Morgan fingerprint density at radius 3 is 2.27 bits per heavy atom. The summed E-state index contributed by atoms with van der Waals surface area (Å²) in [6, 6.07) is 34.0. The number of ether oxygens (including phenoxy) is 1. The lowest BCUT2D eigenvalue weighted by molar-refractivity contribution is 0.457. The summed E-state index contributed by atoms with van der Waals surface area (Å²) in [7, 11) is 0. The van der Waals surface area contributed by atoms with Crippen LogP contribution < -0.4 is 10.1 Å². The van der Waals surface area contributed by atoms with Crippen LogP contribution in [0.15, 0.2) is 126 Å². The molecule has 3 heterocycles. The zero-order valence-electron chi connectivity index (χ0n) is 19.7. The number of rotatable bonds is 3. The van der Waals surface area contributed by atoms with Crippen LogP contribution in [0.3, 0.4) is 0 Å². The summed E-state index contributed by atoms with van der Waals surface area (Å²) in [5, 5.41) is 4.28. The zero-order valence-corrected chi connectivity index (χ0v) is 20.5. The minimum atomic E-state index is 0. The van der Waals surface area contributed by atoms with Crippen molar-refractivity contribution in [1.29, 1.82) is 0 Å². The molecule has 0 bridgehead atoms. The Labute approximate surface area is 217 Å². The third-order valence-corrected chi connectivity index (χ3v) is 6.56. The van der Waals surface area contributed by atoms with Crippen molar-refractivity contribution in [2.75, 3.05) is 5.32 Å². The molecule has 0 atom stereocenters. The number of benzene rings is 4. The van der Waals surface area contributed by atoms with Gasteiger partial charge in [0.2, 0.25) is 5.89 Å². The molecule has 182 valence electrons. The summed E-state index contributed by atoms with van der Waals surface area (Å²) < 4.78 is 12.5. The number of hydrogen-bond donors (Lipinski definition) is 1. The van der Waals surface area contributed by atoms with Gasteiger partial charge in [-0.25, -0.2) is 9.97 Å². The normalized spacial score (nSPS) is 13.0. The number of nitrogens with one attached hydrogen (secondary N) is 1. The second kappa shape index (κ2) is 10.9. The number of oxazole rings is 1. The molecule has 1 aliphatic rings. The van der Waals surface area contributed by atoms with E-state index in [0.29, 0.717) is 11.8 Å². The topological polar surface area (TPSA) is 91.7 Å². The van der Waals surface area contributed by atoms with Gasteiger partial charge in [-0.3, -0.25) is 0 Å². The Morgan fingerprint density at radius 2 is 1.46 bits per heavy atom. The summed E-state index contributed by atoms with van der Waals surface area (Å²) in [5.41, 5.74) is 4.89. The van der Waals surface area contributed by atoms with E-state index in [2.05, 4.69) is 45.6 Å². The van der Waals surface area contributed by atoms with E-state index in [9.17, 15) is 0 Å². The minimum Gasteiger partial charge on any atom is -0.439 e. The summed E-state index contributed by atoms with van der Waals surface area (Å²) in [6.45, 7) is 0. The molecule has 3 N–H and O–H groups in total. The third-order valence-electron chi connectivity index (χ3n) is 5.48. The highest BCUT2D eigenvalue weighted by Crippen LogP contribution is 2.32. The zero-order chi connectivity index (χ0) is 24.2. The van der Waals surface area contributed by atoms with Crippen LogP contribution in [-0.4, -0.2) is 15.4 Å². The summed E-state index contributed by atoms with van der Waals surface area (Å²) in [5.74, 6) is 2.09. The number of nitrogens with zero attached hydrogens (tertiary/aromatic N) is 2. The fourth-order valence-corrected chi connectivity index (χ4v) is 4.74. The molecule has 2 aromatic heterocycles. The number of allylic oxidation sites excluding steroid dienone is 2. The maximum absolute atomic E-state index is 5.65. The second-order valence-electron chi connectivity index (χ2n) is 7.99. The first-order chi connectivity index (χ1) is 17.8. The van der Waals surface area contributed by atoms with Crippen LogP contribution in [0.4, 0.5) is 5.69 Å². The van der Waals surface area contributed by atoms with Crippen molar-refractivity contribution in [2.45, 2.75) is 0 Å². The second-order valence-corrected chi connectivity index (χ2v) is 9.02. The Morgan fingerprint density at radius 1 is 0.730 bits per heavy atom.